The van der Waals surface area contributed by atoms with Crippen LogP contribution >= 0.6 is 11.8 Å². The van der Waals surface area contributed by atoms with E-state index in [2.05, 4.69) is 13.8 Å². The quantitative estimate of drug-likeness (QED) is 0.804. The molecule has 1 saturated heterocycles. The average Bonchev–Trinajstić information content (AvgIpc) is 2.55. The fourth-order valence-corrected chi connectivity index (χ4v) is 4.57. The van der Waals surface area contributed by atoms with Crippen LogP contribution in [0, 0.1) is 11.8 Å². The fraction of sp³-hybridized carbons (Fsp3) is 0.474. The second-order valence-corrected chi connectivity index (χ2v) is 7.97. The van der Waals surface area contributed by atoms with Gasteiger partial charge >= 0.3 is 0 Å². The number of rotatable bonds is 3. The van der Waals surface area contributed by atoms with Crippen LogP contribution in [0.1, 0.15) is 20.3 Å². The summed E-state index contributed by atoms with van der Waals surface area (Å²) in [6, 6.07) is 9.48. The first-order chi connectivity index (χ1) is 11.5. The number of fused-ring (bicyclic) bond motifs is 1. The van der Waals surface area contributed by atoms with E-state index in [9.17, 15) is 9.59 Å². The number of benzene rings is 1. The molecule has 1 amide bonds. The minimum absolute atomic E-state index is 0.0381. The zero-order valence-corrected chi connectivity index (χ0v) is 15.3. The summed E-state index contributed by atoms with van der Waals surface area (Å²) in [5.41, 5.74) is 0.865. The van der Waals surface area contributed by atoms with Gasteiger partial charge in [-0.05, 0) is 24.3 Å². The predicted molar refractivity (Wildman–Crippen MR) is 99.4 cm³/mol. The van der Waals surface area contributed by atoms with Crippen molar-refractivity contribution in [3.05, 3.63) is 40.7 Å². The van der Waals surface area contributed by atoms with Crippen molar-refractivity contribution in [2.75, 3.05) is 18.8 Å². The molecule has 0 aliphatic carbocycles. The number of para-hydroxylation sites is 1. The highest BCUT2D eigenvalue weighted by molar-refractivity contribution is 8.00. The second kappa shape index (κ2) is 7.01. The van der Waals surface area contributed by atoms with Crippen molar-refractivity contribution in [2.24, 2.45) is 18.9 Å². The molecule has 1 aliphatic rings. The highest BCUT2D eigenvalue weighted by atomic mass is 32.2. The van der Waals surface area contributed by atoms with E-state index in [0.717, 1.165) is 28.9 Å². The number of nitrogens with zero attached hydrogens (tertiary/aromatic N) is 2. The Bertz CT molecular complexity index is 805. The van der Waals surface area contributed by atoms with Crippen molar-refractivity contribution in [3.63, 3.8) is 0 Å². The Morgan fingerprint density at radius 3 is 2.58 bits per heavy atom. The summed E-state index contributed by atoms with van der Waals surface area (Å²) in [6.07, 6.45) is 1.19. The lowest BCUT2D eigenvalue weighted by Gasteiger charge is -2.35. The third-order valence-corrected chi connectivity index (χ3v) is 5.73. The largest absolute Gasteiger partial charge is 0.341 e. The molecule has 1 aliphatic heterocycles. The van der Waals surface area contributed by atoms with Gasteiger partial charge in [-0.15, -0.1) is 11.8 Å². The molecule has 1 fully saturated rings. The van der Waals surface area contributed by atoms with E-state index in [-0.39, 0.29) is 11.5 Å². The standard InChI is InChI=1S/C19H24N2O2S/c1-13-8-14(2)11-21(10-13)19(23)12-24-17-9-18(22)20(3)16-7-5-4-6-15(16)17/h4-7,9,13-14H,8,10-12H2,1-3H3/t13-,14-/m1/s1. The number of hydrogen-bond acceptors (Lipinski definition) is 3. The summed E-state index contributed by atoms with van der Waals surface area (Å²) in [5, 5.41) is 1.03. The molecule has 2 aromatic rings. The molecule has 128 valence electrons. The Balaban J connectivity index is 1.77. The monoisotopic (exact) mass is 344 g/mol. The first-order valence-corrected chi connectivity index (χ1v) is 9.43. The van der Waals surface area contributed by atoms with Crippen LogP contribution in [0.5, 0.6) is 0 Å². The Labute approximate surface area is 146 Å². The fourth-order valence-electron chi connectivity index (χ4n) is 3.60. The van der Waals surface area contributed by atoms with Gasteiger partial charge in [0.25, 0.3) is 5.56 Å². The highest BCUT2D eigenvalue weighted by Gasteiger charge is 2.25. The van der Waals surface area contributed by atoms with Crippen LogP contribution in [0.3, 0.4) is 0 Å². The Morgan fingerprint density at radius 1 is 1.21 bits per heavy atom. The number of pyridine rings is 1. The molecular weight excluding hydrogens is 320 g/mol. The number of amides is 1. The number of aryl methyl sites for hydroxylation is 1. The van der Waals surface area contributed by atoms with E-state index in [1.54, 1.807) is 17.7 Å². The zero-order valence-electron chi connectivity index (χ0n) is 14.5. The number of aromatic nitrogens is 1. The predicted octanol–water partition coefficient (Wildman–Crippen LogP) is 3.14. The molecule has 2 atom stereocenters. The first-order valence-electron chi connectivity index (χ1n) is 8.45. The molecule has 1 aromatic heterocycles. The van der Waals surface area contributed by atoms with E-state index in [4.69, 9.17) is 0 Å². The minimum Gasteiger partial charge on any atom is -0.341 e. The van der Waals surface area contributed by atoms with Gasteiger partial charge in [0.2, 0.25) is 5.91 Å². The van der Waals surface area contributed by atoms with Crippen LogP contribution in [0.25, 0.3) is 10.9 Å². The average molecular weight is 344 g/mol. The topological polar surface area (TPSA) is 42.3 Å². The third kappa shape index (κ3) is 3.51. The van der Waals surface area contributed by atoms with Gasteiger partial charge in [0.05, 0.1) is 11.3 Å². The summed E-state index contributed by atoms with van der Waals surface area (Å²) in [5.74, 6) is 1.68. The minimum atomic E-state index is -0.0381. The smallest absolute Gasteiger partial charge is 0.251 e. The number of thioether (sulfide) groups is 1. The lowest BCUT2D eigenvalue weighted by Crippen LogP contribution is -2.43. The van der Waals surface area contributed by atoms with Crippen LogP contribution in [-0.2, 0) is 11.8 Å². The number of hydrogen-bond donors (Lipinski definition) is 0. The third-order valence-electron chi connectivity index (χ3n) is 4.69. The maximum Gasteiger partial charge on any atom is 0.251 e. The number of likely N-dealkylation sites (tertiary alicyclic amines) is 1. The molecule has 5 heteroatoms. The van der Waals surface area contributed by atoms with Gasteiger partial charge in [0, 0.05) is 36.5 Å². The van der Waals surface area contributed by atoms with Gasteiger partial charge < -0.3 is 9.47 Å². The van der Waals surface area contributed by atoms with Crippen molar-refractivity contribution in [3.8, 4) is 0 Å². The van der Waals surface area contributed by atoms with Gasteiger partial charge in [0.1, 0.15) is 0 Å². The Kier molecular flexibility index (Phi) is 4.99. The lowest BCUT2D eigenvalue weighted by molar-refractivity contribution is -0.130. The first kappa shape index (κ1) is 17.1. The molecule has 1 aromatic carbocycles. The molecule has 24 heavy (non-hydrogen) atoms. The molecule has 4 nitrogen and oxygen atoms in total. The van der Waals surface area contributed by atoms with Gasteiger partial charge in [-0.3, -0.25) is 9.59 Å². The van der Waals surface area contributed by atoms with Crippen LogP contribution in [0.15, 0.2) is 40.0 Å². The molecule has 0 unspecified atom stereocenters. The lowest BCUT2D eigenvalue weighted by atomic mass is 9.92. The van der Waals surface area contributed by atoms with Crippen molar-refractivity contribution in [2.45, 2.75) is 25.2 Å². The van der Waals surface area contributed by atoms with Gasteiger partial charge in [-0.25, -0.2) is 0 Å². The number of carbonyl (C=O) groups is 1. The van der Waals surface area contributed by atoms with Gasteiger partial charge in [0.15, 0.2) is 0 Å². The summed E-state index contributed by atoms with van der Waals surface area (Å²) in [4.78, 5) is 27.6. The maximum atomic E-state index is 12.6. The highest BCUT2D eigenvalue weighted by Crippen LogP contribution is 2.27. The Morgan fingerprint density at radius 2 is 1.88 bits per heavy atom. The van der Waals surface area contributed by atoms with E-state index in [1.807, 2.05) is 29.2 Å². The molecule has 0 N–H and O–H groups in total. The van der Waals surface area contributed by atoms with Crippen molar-refractivity contribution in [1.29, 1.82) is 0 Å². The van der Waals surface area contributed by atoms with E-state index >= 15 is 0 Å². The van der Waals surface area contributed by atoms with Gasteiger partial charge in [-0.1, -0.05) is 32.0 Å². The van der Waals surface area contributed by atoms with Crippen LogP contribution in [-0.4, -0.2) is 34.2 Å². The Hall–Kier alpha value is -1.75. The van der Waals surface area contributed by atoms with Gasteiger partial charge in [-0.2, -0.15) is 0 Å². The molecule has 0 saturated carbocycles. The zero-order chi connectivity index (χ0) is 17.3. The molecule has 2 heterocycles. The van der Waals surface area contributed by atoms with E-state index in [0.29, 0.717) is 17.6 Å². The SMILES string of the molecule is C[C@@H]1C[C@@H](C)CN(C(=O)CSc2cc(=O)n(C)c3ccccc23)C1. The second-order valence-electron chi connectivity index (χ2n) is 6.96. The molecule has 0 radical (unpaired) electrons. The number of carbonyl (C=O) groups excluding carboxylic acids is 1. The molecule has 3 rings (SSSR count). The van der Waals surface area contributed by atoms with Crippen LogP contribution in [0.4, 0.5) is 0 Å². The summed E-state index contributed by atoms with van der Waals surface area (Å²) >= 11 is 1.47. The van der Waals surface area contributed by atoms with E-state index in [1.165, 1.54) is 18.2 Å². The van der Waals surface area contributed by atoms with E-state index < -0.39 is 0 Å². The van der Waals surface area contributed by atoms with Crippen LogP contribution < -0.4 is 5.56 Å². The van der Waals surface area contributed by atoms with Crippen molar-refractivity contribution < 1.29 is 4.79 Å². The summed E-state index contributed by atoms with van der Waals surface area (Å²) in [6.45, 7) is 6.11. The van der Waals surface area contributed by atoms with Crippen molar-refractivity contribution in [1.82, 2.24) is 9.47 Å². The molecular formula is C19H24N2O2S. The normalized spacial score (nSPS) is 21.2. The van der Waals surface area contributed by atoms with Crippen molar-refractivity contribution >= 4 is 28.6 Å². The molecule has 0 spiro atoms. The summed E-state index contributed by atoms with van der Waals surface area (Å²) in [7, 11) is 1.78. The molecule has 0 bridgehead atoms. The number of piperidine rings is 1. The van der Waals surface area contributed by atoms with Crippen LogP contribution in [0.2, 0.25) is 0 Å². The maximum absolute atomic E-state index is 12.6. The summed E-state index contributed by atoms with van der Waals surface area (Å²) < 4.78 is 1.65.